The number of nitrogens with one attached hydrogen (secondary N) is 2. The van der Waals surface area contributed by atoms with Gasteiger partial charge in [-0.2, -0.15) is 5.10 Å². The molecule has 2 aromatic carbocycles. The smallest absolute Gasteiger partial charge is 0.231 e. The van der Waals surface area contributed by atoms with Gasteiger partial charge in [-0.25, -0.2) is 0 Å². The average molecular weight is 335 g/mol. The van der Waals surface area contributed by atoms with Gasteiger partial charge in [0, 0.05) is 24.2 Å². The Kier molecular flexibility index (Phi) is 4.15. The standard InChI is InChI=1S/C20H21N3O2/c1-13-3-5-16(7-14(13)2)20-17(11-22-23-20)10-21-9-15-4-6-18-19(8-15)25-12-24-18/h3-8,11,21H,9-10,12H2,1-2H3,(H,22,23). The number of aryl methyl sites for hydroxylation is 2. The van der Waals surface area contributed by atoms with Crippen molar-refractivity contribution < 1.29 is 9.47 Å². The van der Waals surface area contributed by atoms with Gasteiger partial charge in [0.25, 0.3) is 0 Å². The molecule has 1 aliphatic rings. The summed E-state index contributed by atoms with van der Waals surface area (Å²) in [6, 6.07) is 12.5. The lowest BCUT2D eigenvalue weighted by Gasteiger charge is -2.08. The van der Waals surface area contributed by atoms with E-state index in [0.717, 1.165) is 35.8 Å². The Morgan fingerprint density at radius 3 is 2.76 bits per heavy atom. The van der Waals surface area contributed by atoms with Crippen LogP contribution in [-0.4, -0.2) is 17.0 Å². The largest absolute Gasteiger partial charge is 0.454 e. The van der Waals surface area contributed by atoms with Gasteiger partial charge in [-0.15, -0.1) is 0 Å². The van der Waals surface area contributed by atoms with Gasteiger partial charge in [0.2, 0.25) is 6.79 Å². The summed E-state index contributed by atoms with van der Waals surface area (Å²) in [5.41, 5.74) is 7.14. The fourth-order valence-electron chi connectivity index (χ4n) is 2.98. The van der Waals surface area contributed by atoms with Gasteiger partial charge in [-0.3, -0.25) is 5.10 Å². The number of H-pyrrole nitrogens is 1. The predicted octanol–water partition coefficient (Wildman–Crippen LogP) is 3.71. The van der Waals surface area contributed by atoms with Gasteiger partial charge in [0.15, 0.2) is 11.5 Å². The number of aromatic nitrogens is 2. The topological polar surface area (TPSA) is 59.2 Å². The van der Waals surface area contributed by atoms with Gasteiger partial charge >= 0.3 is 0 Å². The molecular formula is C20H21N3O2. The quantitative estimate of drug-likeness (QED) is 0.746. The average Bonchev–Trinajstić information content (AvgIpc) is 3.26. The summed E-state index contributed by atoms with van der Waals surface area (Å²) in [7, 11) is 0. The highest BCUT2D eigenvalue weighted by atomic mass is 16.7. The van der Waals surface area contributed by atoms with E-state index in [4.69, 9.17) is 9.47 Å². The molecule has 0 bridgehead atoms. The SMILES string of the molecule is Cc1ccc(-c2[nH]ncc2CNCc2ccc3c(c2)OCO3)cc1C. The molecule has 5 nitrogen and oxygen atoms in total. The number of hydrogen-bond donors (Lipinski definition) is 2. The summed E-state index contributed by atoms with van der Waals surface area (Å²) in [6.45, 7) is 6.06. The Hall–Kier alpha value is -2.79. The van der Waals surface area contributed by atoms with Crippen molar-refractivity contribution in [2.24, 2.45) is 0 Å². The molecule has 2 heterocycles. The first kappa shape index (κ1) is 15.7. The highest BCUT2D eigenvalue weighted by Gasteiger charge is 2.13. The number of rotatable bonds is 5. The van der Waals surface area contributed by atoms with Gasteiger partial charge in [-0.1, -0.05) is 18.2 Å². The van der Waals surface area contributed by atoms with E-state index >= 15 is 0 Å². The summed E-state index contributed by atoms with van der Waals surface area (Å²) in [4.78, 5) is 0. The molecule has 2 N–H and O–H groups in total. The van der Waals surface area contributed by atoms with Crippen LogP contribution in [0.25, 0.3) is 11.3 Å². The zero-order valence-electron chi connectivity index (χ0n) is 14.4. The number of fused-ring (bicyclic) bond motifs is 1. The Balaban J connectivity index is 1.44. The maximum atomic E-state index is 5.42. The van der Waals surface area contributed by atoms with Crippen LogP contribution in [-0.2, 0) is 13.1 Å². The molecule has 0 amide bonds. The van der Waals surface area contributed by atoms with E-state index in [2.05, 4.69) is 53.6 Å². The van der Waals surface area contributed by atoms with Crippen LogP contribution in [0.4, 0.5) is 0 Å². The van der Waals surface area contributed by atoms with Gasteiger partial charge in [-0.05, 0) is 48.7 Å². The minimum atomic E-state index is 0.306. The second-order valence-electron chi connectivity index (χ2n) is 6.36. The molecule has 0 saturated heterocycles. The summed E-state index contributed by atoms with van der Waals surface area (Å²) in [5.74, 6) is 1.63. The van der Waals surface area contributed by atoms with Crippen molar-refractivity contribution in [1.82, 2.24) is 15.5 Å². The normalized spacial score (nSPS) is 12.6. The second-order valence-corrected chi connectivity index (χ2v) is 6.36. The van der Waals surface area contributed by atoms with E-state index in [9.17, 15) is 0 Å². The molecule has 0 unspecified atom stereocenters. The molecule has 0 radical (unpaired) electrons. The van der Waals surface area contributed by atoms with Crippen LogP contribution in [0.15, 0.2) is 42.6 Å². The van der Waals surface area contributed by atoms with Crippen molar-refractivity contribution in [3.8, 4) is 22.8 Å². The Labute approximate surface area is 147 Å². The molecule has 5 heteroatoms. The van der Waals surface area contributed by atoms with Crippen molar-refractivity contribution in [2.45, 2.75) is 26.9 Å². The third-order valence-electron chi connectivity index (χ3n) is 4.59. The van der Waals surface area contributed by atoms with E-state index in [1.54, 1.807) is 0 Å². The first-order chi connectivity index (χ1) is 12.2. The molecule has 25 heavy (non-hydrogen) atoms. The van der Waals surface area contributed by atoms with Crippen molar-refractivity contribution in [3.63, 3.8) is 0 Å². The minimum Gasteiger partial charge on any atom is -0.454 e. The predicted molar refractivity (Wildman–Crippen MR) is 96.6 cm³/mol. The fourth-order valence-corrected chi connectivity index (χ4v) is 2.98. The second kappa shape index (κ2) is 6.61. The molecule has 3 aromatic rings. The summed E-state index contributed by atoms with van der Waals surface area (Å²) in [6.07, 6.45) is 1.89. The first-order valence-electron chi connectivity index (χ1n) is 8.40. The molecule has 1 aliphatic heterocycles. The maximum absolute atomic E-state index is 5.42. The maximum Gasteiger partial charge on any atom is 0.231 e. The monoisotopic (exact) mass is 335 g/mol. The Morgan fingerprint density at radius 2 is 1.88 bits per heavy atom. The first-order valence-corrected chi connectivity index (χ1v) is 8.40. The van der Waals surface area contributed by atoms with Crippen LogP contribution in [0.1, 0.15) is 22.3 Å². The van der Waals surface area contributed by atoms with Gasteiger partial charge in [0.05, 0.1) is 11.9 Å². The highest BCUT2D eigenvalue weighted by molar-refractivity contribution is 5.64. The van der Waals surface area contributed by atoms with Crippen molar-refractivity contribution in [1.29, 1.82) is 0 Å². The number of hydrogen-bond acceptors (Lipinski definition) is 4. The van der Waals surface area contributed by atoms with Crippen LogP contribution in [0.3, 0.4) is 0 Å². The van der Waals surface area contributed by atoms with Crippen LogP contribution >= 0.6 is 0 Å². The molecular weight excluding hydrogens is 314 g/mol. The van der Waals surface area contributed by atoms with Crippen LogP contribution in [0.5, 0.6) is 11.5 Å². The van der Waals surface area contributed by atoms with Crippen LogP contribution < -0.4 is 14.8 Å². The molecule has 0 spiro atoms. The van der Waals surface area contributed by atoms with Crippen LogP contribution in [0.2, 0.25) is 0 Å². The summed E-state index contributed by atoms with van der Waals surface area (Å²) >= 11 is 0. The molecule has 128 valence electrons. The zero-order chi connectivity index (χ0) is 17.2. The van der Waals surface area contributed by atoms with Crippen molar-refractivity contribution in [2.75, 3.05) is 6.79 Å². The third kappa shape index (κ3) is 3.23. The number of benzene rings is 2. The molecule has 0 atom stereocenters. The Bertz CT molecular complexity index is 902. The lowest BCUT2D eigenvalue weighted by atomic mass is 10.0. The lowest BCUT2D eigenvalue weighted by Crippen LogP contribution is -2.12. The van der Waals surface area contributed by atoms with Crippen molar-refractivity contribution in [3.05, 3.63) is 64.8 Å². The number of nitrogens with zero attached hydrogens (tertiary/aromatic N) is 1. The molecule has 1 aromatic heterocycles. The minimum absolute atomic E-state index is 0.306. The number of ether oxygens (including phenoxy) is 2. The van der Waals surface area contributed by atoms with Crippen LogP contribution in [0, 0.1) is 13.8 Å². The molecule has 4 rings (SSSR count). The zero-order valence-corrected chi connectivity index (χ0v) is 14.4. The third-order valence-corrected chi connectivity index (χ3v) is 4.59. The number of aromatic amines is 1. The summed E-state index contributed by atoms with van der Waals surface area (Å²) < 4.78 is 10.8. The van der Waals surface area contributed by atoms with E-state index in [1.807, 2.05) is 18.3 Å². The fraction of sp³-hybridized carbons (Fsp3) is 0.250. The lowest BCUT2D eigenvalue weighted by molar-refractivity contribution is 0.174. The van der Waals surface area contributed by atoms with E-state index in [-0.39, 0.29) is 0 Å². The molecule has 0 saturated carbocycles. The highest BCUT2D eigenvalue weighted by Crippen LogP contribution is 2.32. The van der Waals surface area contributed by atoms with E-state index < -0.39 is 0 Å². The van der Waals surface area contributed by atoms with Gasteiger partial charge in [0.1, 0.15) is 0 Å². The summed E-state index contributed by atoms with van der Waals surface area (Å²) in [5, 5.41) is 10.8. The molecule has 0 fully saturated rings. The van der Waals surface area contributed by atoms with Crippen molar-refractivity contribution >= 4 is 0 Å². The Morgan fingerprint density at radius 1 is 1.00 bits per heavy atom. The van der Waals surface area contributed by atoms with Gasteiger partial charge < -0.3 is 14.8 Å². The molecule has 0 aliphatic carbocycles. The van der Waals surface area contributed by atoms with E-state index in [0.29, 0.717) is 6.79 Å². The van der Waals surface area contributed by atoms with E-state index in [1.165, 1.54) is 22.3 Å².